The molecule has 1 fully saturated rings. The largest absolute Gasteiger partial charge is 0.459 e. The van der Waals surface area contributed by atoms with Gasteiger partial charge in [0.25, 0.3) is 11.5 Å². The number of hydrogen-bond donors (Lipinski definition) is 0. The summed E-state index contributed by atoms with van der Waals surface area (Å²) >= 11 is 0. The molecule has 0 aromatic carbocycles. The Hall–Kier alpha value is -3.10. The molecular formula is C18H21N3O6. The van der Waals surface area contributed by atoms with Crippen LogP contribution in [0, 0.1) is 5.92 Å². The molecule has 9 heteroatoms. The first-order valence-electron chi connectivity index (χ1n) is 8.64. The second-order valence-corrected chi connectivity index (χ2v) is 6.55. The van der Waals surface area contributed by atoms with Gasteiger partial charge in [0.1, 0.15) is 6.61 Å². The third-order valence-corrected chi connectivity index (χ3v) is 4.76. The zero-order valence-electron chi connectivity index (χ0n) is 15.2. The summed E-state index contributed by atoms with van der Waals surface area (Å²) in [5, 5.41) is 0. The van der Waals surface area contributed by atoms with Crippen LogP contribution in [-0.4, -0.2) is 39.0 Å². The number of aromatic nitrogens is 2. The Morgan fingerprint density at radius 2 is 2.04 bits per heavy atom. The number of amides is 1. The fourth-order valence-electron chi connectivity index (χ4n) is 3.09. The molecule has 27 heavy (non-hydrogen) atoms. The Morgan fingerprint density at radius 3 is 2.74 bits per heavy atom. The Kier molecular flexibility index (Phi) is 5.29. The molecule has 1 aliphatic heterocycles. The lowest BCUT2D eigenvalue weighted by atomic mass is 9.98. The summed E-state index contributed by atoms with van der Waals surface area (Å²) in [5.41, 5.74) is -0.630. The van der Waals surface area contributed by atoms with Gasteiger partial charge in [-0.3, -0.25) is 23.5 Å². The fraction of sp³-hybridized carbons (Fsp3) is 0.444. The van der Waals surface area contributed by atoms with E-state index < -0.39 is 23.1 Å². The number of carbonyl (C=O) groups is 2. The number of rotatable bonds is 4. The maximum absolute atomic E-state index is 12.4. The number of hydrogen-bond acceptors (Lipinski definition) is 6. The lowest BCUT2D eigenvalue weighted by Crippen LogP contribution is -2.43. The SMILES string of the molecule is Cn1c(COC(=O)C2CCCN(C(=O)c3ccco3)C2)cc(=O)n(C)c1=O. The smallest absolute Gasteiger partial charge is 0.330 e. The second kappa shape index (κ2) is 7.65. The van der Waals surface area contributed by atoms with Crippen molar-refractivity contribution in [3.8, 4) is 0 Å². The fourth-order valence-corrected chi connectivity index (χ4v) is 3.09. The normalized spacial score (nSPS) is 17.0. The van der Waals surface area contributed by atoms with Crippen LogP contribution >= 0.6 is 0 Å². The number of nitrogens with zero attached hydrogens (tertiary/aromatic N) is 3. The molecule has 1 saturated heterocycles. The minimum absolute atomic E-state index is 0.177. The molecule has 9 nitrogen and oxygen atoms in total. The van der Waals surface area contributed by atoms with E-state index >= 15 is 0 Å². The molecule has 2 aromatic rings. The standard InChI is InChI=1S/C18H21N3O6/c1-19-13(9-15(22)20(2)18(19)25)11-27-17(24)12-5-3-7-21(10-12)16(23)14-6-4-8-26-14/h4,6,8-9,12H,3,5,7,10-11H2,1-2H3. The minimum Gasteiger partial charge on any atom is -0.459 e. The van der Waals surface area contributed by atoms with Gasteiger partial charge >= 0.3 is 11.7 Å². The third kappa shape index (κ3) is 3.86. The van der Waals surface area contributed by atoms with Crippen LogP contribution in [-0.2, 0) is 30.2 Å². The number of likely N-dealkylation sites (tertiary alicyclic amines) is 1. The van der Waals surface area contributed by atoms with E-state index in [0.29, 0.717) is 25.1 Å². The van der Waals surface area contributed by atoms with Gasteiger partial charge in [-0.05, 0) is 25.0 Å². The van der Waals surface area contributed by atoms with Crippen LogP contribution < -0.4 is 11.2 Å². The summed E-state index contributed by atoms with van der Waals surface area (Å²) in [7, 11) is 2.89. The molecular weight excluding hydrogens is 354 g/mol. The van der Waals surface area contributed by atoms with Crippen LogP contribution in [0.3, 0.4) is 0 Å². The summed E-state index contributed by atoms with van der Waals surface area (Å²) in [6.07, 6.45) is 2.71. The molecule has 144 valence electrons. The van der Waals surface area contributed by atoms with Crippen LogP contribution in [0.25, 0.3) is 0 Å². The van der Waals surface area contributed by atoms with E-state index in [4.69, 9.17) is 9.15 Å². The van der Waals surface area contributed by atoms with E-state index in [-0.39, 0.29) is 24.8 Å². The van der Waals surface area contributed by atoms with Crippen LogP contribution in [0.15, 0.2) is 38.5 Å². The predicted molar refractivity (Wildman–Crippen MR) is 94.1 cm³/mol. The van der Waals surface area contributed by atoms with Crippen molar-refractivity contribution in [2.75, 3.05) is 13.1 Å². The average Bonchev–Trinajstić information content (AvgIpc) is 3.22. The van der Waals surface area contributed by atoms with E-state index in [9.17, 15) is 19.2 Å². The van der Waals surface area contributed by atoms with Gasteiger partial charge in [-0.25, -0.2) is 4.79 Å². The molecule has 0 saturated carbocycles. The first-order chi connectivity index (χ1) is 12.9. The van der Waals surface area contributed by atoms with Gasteiger partial charge < -0.3 is 14.1 Å². The Balaban J connectivity index is 1.64. The highest BCUT2D eigenvalue weighted by molar-refractivity contribution is 5.91. The van der Waals surface area contributed by atoms with E-state index in [1.807, 2.05) is 0 Å². The van der Waals surface area contributed by atoms with Crippen molar-refractivity contribution in [3.05, 3.63) is 56.8 Å². The number of piperidine rings is 1. The first kappa shape index (κ1) is 18.7. The first-order valence-corrected chi connectivity index (χ1v) is 8.64. The van der Waals surface area contributed by atoms with Crippen molar-refractivity contribution in [2.24, 2.45) is 20.0 Å². The minimum atomic E-state index is -0.485. The molecule has 1 aliphatic rings. The van der Waals surface area contributed by atoms with Gasteiger partial charge in [-0.1, -0.05) is 0 Å². The summed E-state index contributed by atoms with van der Waals surface area (Å²) in [4.78, 5) is 50.0. The maximum Gasteiger partial charge on any atom is 0.330 e. The Morgan fingerprint density at radius 1 is 1.26 bits per heavy atom. The average molecular weight is 375 g/mol. The van der Waals surface area contributed by atoms with Crippen LogP contribution in [0.1, 0.15) is 29.1 Å². The monoisotopic (exact) mass is 375 g/mol. The Labute approximate surface area is 154 Å². The molecule has 0 spiro atoms. The van der Waals surface area contributed by atoms with Gasteiger partial charge in [-0.15, -0.1) is 0 Å². The van der Waals surface area contributed by atoms with Gasteiger partial charge in [0.05, 0.1) is 17.9 Å². The second-order valence-electron chi connectivity index (χ2n) is 6.55. The predicted octanol–water partition coefficient (Wildman–Crippen LogP) is 0.273. The molecule has 1 amide bonds. The van der Waals surface area contributed by atoms with Crippen molar-refractivity contribution in [2.45, 2.75) is 19.4 Å². The molecule has 1 unspecified atom stereocenters. The maximum atomic E-state index is 12.4. The molecule has 0 aliphatic carbocycles. The molecule has 3 rings (SSSR count). The van der Waals surface area contributed by atoms with E-state index in [0.717, 1.165) is 4.57 Å². The number of esters is 1. The van der Waals surface area contributed by atoms with E-state index in [1.54, 1.807) is 17.0 Å². The molecule has 0 N–H and O–H groups in total. The molecule has 1 atom stereocenters. The lowest BCUT2D eigenvalue weighted by molar-refractivity contribution is -0.151. The van der Waals surface area contributed by atoms with Crippen molar-refractivity contribution in [1.82, 2.24) is 14.0 Å². The summed E-state index contributed by atoms with van der Waals surface area (Å²) in [6, 6.07) is 4.49. The van der Waals surface area contributed by atoms with Crippen molar-refractivity contribution in [1.29, 1.82) is 0 Å². The summed E-state index contributed by atoms with van der Waals surface area (Å²) < 4.78 is 12.7. The van der Waals surface area contributed by atoms with Crippen LogP contribution in [0.2, 0.25) is 0 Å². The van der Waals surface area contributed by atoms with Gasteiger partial charge in [0.15, 0.2) is 5.76 Å². The highest BCUT2D eigenvalue weighted by Gasteiger charge is 2.31. The highest BCUT2D eigenvalue weighted by atomic mass is 16.5. The quantitative estimate of drug-likeness (QED) is 0.711. The molecule has 0 radical (unpaired) electrons. The molecule has 3 heterocycles. The number of carbonyl (C=O) groups excluding carboxylic acids is 2. The van der Waals surface area contributed by atoms with Crippen molar-refractivity contribution in [3.63, 3.8) is 0 Å². The van der Waals surface area contributed by atoms with E-state index in [1.165, 1.54) is 31.0 Å². The highest BCUT2D eigenvalue weighted by Crippen LogP contribution is 2.20. The summed E-state index contributed by atoms with van der Waals surface area (Å²) in [6.45, 7) is 0.615. The van der Waals surface area contributed by atoms with Gasteiger partial charge in [0, 0.05) is 33.3 Å². The van der Waals surface area contributed by atoms with Gasteiger partial charge in [0.2, 0.25) is 0 Å². The summed E-state index contributed by atoms with van der Waals surface area (Å²) in [5.74, 6) is -0.938. The zero-order chi connectivity index (χ0) is 19.6. The van der Waals surface area contributed by atoms with Crippen LogP contribution in [0.4, 0.5) is 0 Å². The topological polar surface area (TPSA) is 104 Å². The Bertz CT molecular complexity index is 956. The third-order valence-electron chi connectivity index (χ3n) is 4.76. The van der Waals surface area contributed by atoms with Crippen molar-refractivity contribution >= 4 is 11.9 Å². The molecule has 2 aromatic heterocycles. The molecule has 0 bridgehead atoms. The van der Waals surface area contributed by atoms with Crippen LogP contribution in [0.5, 0.6) is 0 Å². The van der Waals surface area contributed by atoms with E-state index in [2.05, 4.69) is 0 Å². The zero-order valence-corrected chi connectivity index (χ0v) is 15.2. The number of furan rings is 1. The lowest BCUT2D eigenvalue weighted by Gasteiger charge is -2.31. The van der Waals surface area contributed by atoms with Gasteiger partial charge in [-0.2, -0.15) is 0 Å². The number of ether oxygens (including phenoxy) is 1. The van der Waals surface area contributed by atoms with Crippen molar-refractivity contribution < 1.29 is 18.7 Å².